The SMILES string of the molecule is CCN(CC)c1ccc(NCC2(O)CCCCCC2)cc1. The smallest absolute Gasteiger partial charge is 0.0819 e. The highest BCUT2D eigenvalue weighted by atomic mass is 16.3. The Balaban J connectivity index is 1.91. The summed E-state index contributed by atoms with van der Waals surface area (Å²) < 4.78 is 0. The molecule has 3 heteroatoms. The van der Waals surface area contributed by atoms with Gasteiger partial charge >= 0.3 is 0 Å². The summed E-state index contributed by atoms with van der Waals surface area (Å²) in [6.45, 7) is 7.08. The van der Waals surface area contributed by atoms with E-state index in [1.54, 1.807) is 0 Å². The molecule has 1 aliphatic rings. The first kappa shape index (κ1) is 16.2. The van der Waals surface area contributed by atoms with Gasteiger partial charge < -0.3 is 15.3 Å². The van der Waals surface area contributed by atoms with E-state index in [1.165, 1.54) is 18.5 Å². The third kappa shape index (κ3) is 4.63. The van der Waals surface area contributed by atoms with Gasteiger partial charge in [-0.15, -0.1) is 0 Å². The number of nitrogens with zero attached hydrogens (tertiary/aromatic N) is 1. The Bertz CT molecular complexity index is 404. The van der Waals surface area contributed by atoms with Crippen LogP contribution in [0.1, 0.15) is 52.4 Å². The van der Waals surface area contributed by atoms with Crippen molar-refractivity contribution in [2.45, 2.75) is 58.0 Å². The molecule has 1 aromatic carbocycles. The van der Waals surface area contributed by atoms with E-state index in [0.717, 1.165) is 44.5 Å². The summed E-state index contributed by atoms with van der Waals surface area (Å²) in [5.74, 6) is 0. The van der Waals surface area contributed by atoms with Crippen LogP contribution in [-0.2, 0) is 0 Å². The minimum absolute atomic E-state index is 0.520. The van der Waals surface area contributed by atoms with E-state index in [9.17, 15) is 5.11 Å². The zero-order chi connectivity index (χ0) is 15.1. The summed E-state index contributed by atoms with van der Waals surface area (Å²) in [6, 6.07) is 8.56. The second kappa shape index (κ2) is 7.69. The van der Waals surface area contributed by atoms with Crippen molar-refractivity contribution in [3.63, 3.8) is 0 Å². The van der Waals surface area contributed by atoms with Crippen LogP contribution in [0.15, 0.2) is 24.3 Å². The second-order valence-corrected chi connectivity index (χ2v) is 6.21. The van der Waals surface area contributed by atoms with Crippen LogP contribution in [0.5, 0.6) is 0 Å². The predicted octanol–water partition coefficient (Wildman–Crippen LogP) is 4.03. The number of anilines is 2. The van der Waals surface area contributed by atoms with Crippen molar-refractivity contribution >= 4 is 11.4 Å². The van der Waals surface area contributed by atoms with Crippen LogP contribution >= 0.6 is 0 Å². The Hall–Kier alpha value is -1.22. The molecule has 0 aliphatic heterocycles. The van der Waals surface area contributed by atoms with Crippen molar-refractivity contribution < 1.29 is 5.11 Å². The highest BCUT2D eigenvalue weighted by Crippen LogP contribution is 2.27. The number of nitrogens with one attached hydrogen (secondary N) is 1. The molecule has 0 saturated heterocycles. The maximum atomic E-state index is 10.7. The van der Waals surface area contributed by atoms with Crippen LogP contribution in [0.2, 0.25) is 0 Å². The van der Waals surface area contributed by atoms with Crippen molar-refractivity contribution in [2.24, 2.45) is 0 Å². The quantitative estimate of drug-likeness (QED) is 0.776. The Morgan fingerprint density at radius 1 is 1.00 bits per heavy atom. The molecule has 21 heavy (non-hydrogen) atoms. The number of benzene rings is 1. The van der Waals surface area contributed by atoms with E-state index in [-0.39, 0.29) is 0 Å². The minimum Gasteiger partial charge on any atom is -0.388 e. The molecular weight excluding hydrogens is 260 g/mol. The molecule has 2 rings (SSSR count). The fourth-order valence-electron chi connectivity index (χ4n) is 3.21. The topological polar surface area (TPSA) is 35.5 Å². The summed E-state index contributed by atoms with van der Waals surface area (Å²) in [4.78, 5) is 2.34. The van der Waals surface area contributed by atoms with Gasteiger partial charge in [-0.2, -0.15) is 0 Å². The largest absolute Gasteiger partial charge is 0.388 e. The molecule has 1 fully saturated rings. The lowest BCUT2D eigenvalue weighted by molar-refractivity contribution is 0.0381. The van der Waals surface area contributed by atoms with E-state index in [2.05, 4.69) is 48.3 Å². The highest BCUT2D eigenvalue weighted by Gasteiger charge is 2.27. The molecule has 118 valence electrons. The van der Waals surface area contributed by atoms with Crippen molar-refractivity contribution in [3.05, 3.63) is 24.3 Å². The molecule has 0 radical (unpaired) electrons. The lowest BCUT2D eigenvalue weighted by atomic mass is 9.94. The third-order valence-electron chi connectivity index (χ3n) is 4.65. The third-order valence-corrected chi connectivity index (χ3v) is 4.65. The van der Waals surface area contributed by atoms with Crippen LogP contribution in [0, 0.1) is 0 Å². The van der Waals surface area contributed by atoms with Gasteiger partial charge in [0.1, 0.15) is 0 Å². The number of hydrogen-bond acceptors (Lipinski definition) is 3. The van der Waals surface area contributed by atoms with Gasteiger partial charge in [0.05, 0.1) is 5.60 Å². The molecule has 0 spiro atoms. The van der Waals surface area contributed by atoms with E-state index in [1.807, 2.05) is 0 Å². The van der Waals surface area contributed by atoms with Gasteiger partial charge in [0.15, 0.2) is 0 Å². The fraction of sp³-hybridized carbons (Fsp3) is 0.667. The van der Waals surface area contributed by atoms with Crippen LogP contribution in [0.25, 0.3) is 0 Å². The summed E-state index contributed by atoms with van der Waals surface area (Å²) >= 11 is 0. The van der Waals surface area contributed by atoms with Crippen molar-refractivity contribution in [3.8, 4) is 0 Å². The molecular formula is C18H30N2O. The molecule has 0 amide bonds. The van der Waals surface area contributed by atoms with Gasteiger partial charge in [-0.05, 0) is 51.0 Å². The Morgan fingerprint density at radius 2 is 1.57 bits per heavy atom. The Labute approximate surface area is 129 Å². The maximum absolute atomic E-state index is 10.7. The van der Waals surface area contributed by atoms with Crippen LogP contribution < -0.4 is 10.2 Å². The van der Waals surface area contributed by atoms with Crippen LogP contribution in [0.4, 0.5) is 11.4 Å². The summed E-state index contributed by atoms with van der Waals surface area (Å²) in [7, 11) is 0. The first-order chi connectivity index (χ1) is 10.2. The van der Waals surface area contributed by atoms with E-state index >= 15 is 0 Å². The van der Waals surface area contributed by atoms with E-state index < -0.39 is 5.60 Å². The average Bonchev–Trinajstić information content (AvgIpc) is 2.73. The number of rotatable bonds is 6. The first-order valence-electron chi connectivity index (χ1n) is 8.48. The standard InChI is InChI=1S/C18H30N2O/c1-3-20(4-2)17-11-9-16(10-12-17)19-15-18(21)13-7-5-6-8-14-18/h9-12,19,21H,3-8,13-15H2,1-2H3. The zero-order valence-electron chi connectivity index (χ0n) is 13.6. The summed E-state index contributed by atoms with van der Waals surface area (Å²) in [5, 5.41) is 14.1. The van der Waals surface area contributed by atoms with Crippen molar-refractivity contribution in [2.75, 3.05) is 29.9 Å². The van der Waals surface area contributed by atoms with Gasteiger partial charge in [0, 0.05) is 31.0 Å². The number of aliphatic hydroxyl groups is 1. The molecule has 0 atom stereocenters. The van der Waals surface area contributed by atoms with Gasteiger partial charge in [-0.3, -0.25) is 0 Å². The molecule has 1 saturated carbocycles. The van der Waals surface area contributed by atoms with Gasteiger partial charge in [0.2, 0.25) is 0 Å². The highest BCUT2D eigenvalue weighted by molar-refractivity contribution is 5.55. The monoisotopic (exact) mass is 290 g/mol. The average molecular weight is 290 g/mol. The molecule has 1 aromatic rings. The van der Waals surface area contributed by atoms with E-state index in [4.69, 9.17) is 0 Å². The molecule has 2 N–H and O–H groups in total. The second-order valence-electron chi connectivity index (χ2n) is 6.21. The van der Waals surface area contributed by atoms with Gasteiger partial charge in [-0.25, -0.2) is 0 Å². The molecule has 0 aromatic heterocycles. The lowest BCUT2D eigenvalue weighted by Gasteiger charge is -2.27. The summed E-state index contributed by atoms with van der Waals surface area (Å²) in [5.41, 5.74) is 1.84. The Morgan fingerprint density at radius 3 is 2.10 bits per heavy atom. The lowest BCUT2D eigenvalue weighted by Crippen LogP contribution is -2.36. The van der Waals surface area contributed by atoms with Crippen molar-refractivity contribution in [1.82, 2.24) is 0 Å². The number of hydrogen-bond donors (Lipinski definition) is 2. The molecule has 0 heterocycles. The van der Waals surface area contributed by atoms with Crippen molar-refractivity contribution in [1.29, 1.82) is 0 Å². The first-order valence-corrected chi connectivity index (χ1v) is 8.48. The Kier molecular flexibility index (Phi) is 5.92. The zero-order valence-corrected chi connectivity index (χ0v) is 13.6. The molecule has 3 nitrogen and oxygen atoms in total. The summed E-state index contributed by atoms with van der Waals surface area (Å²) in [6.07, 6.45) is 6.69. The molecule has 0 unspecified atom stereocenters. The fourth-order valence-corrected chi connectivity index (χ4v) is 3.21. The van der Waals surface area contributed by atoms with Gasteiger partial charge in [-0.1, -0.05) is 25.7 Å². The normalized spacial score (nSPS) is 18.0. The molecule has 1 aliphatic carbocycles. The maximum Gasteiger partial charge on any atom is 0.0819 e. The predicted molar refractivity (Wildman–Crippen MR) is 91.1 cm³/mol. The van der Waals surface area contributed by atoms with Crippen LogP contribution in [0.3, 0.4) is 0 Å². The van der Waals surface area contributed by atoms with Gasteiger partial charge in [0.25, 0.3) is 0 Å². The minimum atomic E-state index is -0.520. The van der Waals surface area contributed by atoms with Crippen LogP contribution in [-0.4, -0.2) is 30.3 Å². The molecule has 0 bridgehead atoms. The van der Waals surface area contributed by atoms with E-state index in [0.29, 0.717) is 6.54 Å².